The van der Waals surface area contributed by atoms with E-state index >= 15 is 0 Å². The number of hydrogen-bond acceptors (Lipinski definition) is 7. The fraction of sp³-hybridized carbons (Fsp3) is 0.355. The average Bonchev–Trinajstić information content (AvgIpc) is 3.40. The lowest BCUT2D eigenvalue weighted by Gasteiger charge is -2.27. The van der Waals surface area contributed by atoms with E-state index in [1.807, 2.05) is 42.5 Å². The molecule has 3 aromatic rings. The molecule has 228 valence electrons. The van der Waals surface area contributed by atoms with Crippen LogP contribution in [0.3, 0.4) is 0 Å². The number of benzene rings is 3. The highest BCUT2D eigenvalue weighted by atomic mass is 19.2. The maximum absolute atomic E-state index is 14.1. The second-order valence-corrected chi connectivity index (χ2v) is 11.0. The van der Waals surface area contributed by atoms with Crippen LogP contribution in [0.15, 0.2) is 53.7 Å². The number of rotatable bonds is 10. The minimum Gasteiger partial charge on any atom is -0.479 e. The number of ether oxygens (including phenoxy) is 2. The van der Waals surface area contributed by atoms with Gasteiger partial charge < -0.3 is 19.6 Å². The number of nitrogens with zero attached hydrogens (tertiary/aromatic N) is 1. The van der Waals surface area contributed by atoms with E-state index in [2.05, 4.69) is 10.5 Å². The predicted molar refractivity (Wildman–Crippen MR) is 148 cm³/mol. The molecule has 1 heterocycles. The van der Waals surface area contributed by atoms with Crippen LogP contribution in [-0.4, -0.2) is 47.2 Å². The largest absolute Gasteiger partial charge is 0.479 e. The van der Waals surface area contributed by atoms with Crippen molar-refractivity contribution in [2.45, 2.75) is 64.2 Å². The van der Waals surface area contributed by atoms with Gasteiger partial charge in [0.25, 0.3) is 5.91 Å². The standard InChI is InChI=1S/C31H30F4N2O6/c1-5-31(15-23(37-43-31)19-12-8-10-17-9-6-7-11-18(17)19)29(40)36-22(14-25(39)42-30(2,3)4)24(38)16-41-28-26(34)20(32)13-21(33)27(28)35/h6-13,22H,5,14-16H2,1-4H3,(H,36,40)/t22-,31?/m0/s1. The van der Waals surface area contributed by atoms with Crippen molar-refractivity contribution in [3.05, 3.63) is 77.4 Å². The minimum absolute atomic E-state index is 0.00868. The molecule has 4 rings (SSSR count). The minimum atomic E-state index is -1.85. The molecule has 8 nitrogen and oxygen atoms in total. The lowest BCUT2D eigenvalue weighted by Crippen LogP contribution is -2.54. The van der Waals surface area contributed by atoms with E-state index in [9.17, 15) is 31.9 Å². The summed E-state index contributed by atoms with van der Waals surface area (Å²) in [7, 11) is 0. The summed E-state index contributed by atoms with van der Waals surface area (Å²) in [5.41, 5.74) is -1.24. The van der Waals surface area contributed by atoms with Gasteiger partial charge in [0.1, 0.15) is 18.2 Å². The Hall–Kier alpha value is -4.48. The maximum atomic E-state index is 14.1. The molecule has 1 amide bonds. The second kappa shape index (κ2) is 12.4. The Bertz CT molecular complexity index is 1570. The topological polar surface area (TPSA) is 103 Å². The van der Waals surface area contributed by atoms with Gasteiger partial charge >= 0.3 is 5.97 Å². The number of carbonyl (C=O) groups excluding carboxylic acids is 3. The van der Waals surface area contributed by atoms with E-state index in [-0.39, 0.29) is 18.9 Å². The summed E-state index contributed by atoms with van der Waals surface area (Å²) in [4.78, 5) is 45.0. The quantitative estimate of drug-likeness (QED) is 0.186. The molecule has 1 aliphatic rings. The van der Waals surface area contributed by atoms with Gasteiger partial charge in [-0.3, -0.25) is 14.4 Å². The molecule has 0 aromatic heterocycles. The van der Waals surface area contributed by atoms with Crippen molar-refractivity contribution >= 4 is 34.1 Å². The summed E-state index contributed by atoms with van der Waals surface area (Å²) in [5, 5.41) is 8.48. The van der Waals surface area contributed by atoms with Crippen LogP contribution < -0.4 is 10.1 Å². The van der Waals surface area contributed by atoms with Crippen molar-refractivity contribution in [3.8, 4) is 5.75 Å². The van der Waals surface area contributed by atoms with Crippen LogP contribution in [0.5, 0.6) is 5.75 Å². The van der Waals surface area contributed by atoms with Crippen molar-refractivity contribution in [1.29, 1.82) is 0 Å². The third-order valence-corrected chi connectivity index (χ3v) is 6.78. The molecule has 2 atom stereocenters. The third kappa shape index (κ3) is 6.95. The lowest BCUT2D eigenvalue weighted by atomic mass is 9.89. The number of esters is 1. The lowest BCUT2D eigenvalue weighted by molar-refractivity contribution is -0.157. The second-order valence-electron chi connectivity index (χ2n) is 11.0. The smallest absolute Gasteiger partial charge is 0.308 e. The number of nitrogens with one attached hydrogen (secondary N) is 1. The zero-order valence-corrected chi connectivity index (χ0v) is 23.9. The molecule has 0 aliphatic carbocycles. The average molecular weight is 603 g/mol. The Morgan fingerprint density at radius 3 is 2.33 bits per heavy atom. The predicted octanol–water partition coefficient (Wildman–Crippen LogP) is 5.53. The Labute approximate surface area is 245 Å². The van der Waals surface area contributed by atoms with Gasteiger partial charge in [-0.05, 0) is 38.0 Å². The molecule has 0 bridgehead atoms. The van der Waals surface area contributed by atoms with Gasteiger partial charge in [0, 0.05) is 18.1 Å². The number of amides is 1. The van der Waals surface area contributed by atoms with Crippen LogP contribution >= 0.6 is 0 Å². The molecule has 3 aromatic carbocycles. The van der Waals surface area contributed by atoms with Gasteiger partial charge in [-0.15, -0.1) is 0 Å². The summed E-state index contributed by atoms with van der Waals surface area (Å²) in [5.74, 6) is -11.3. The zero-order valence-electron chi connectivity index (χ0n) is 23.9. The Balaban J connectivity index is 1.55. The number of fused-ring (bicyclic) bond motifs is 1. The summed E-state index contributed by atoms with van der Waals surface area (Å²) < 4.78 is 65.4. The van der Waals surface area contributed by atoms with Crippen molar-refractivity contribution in [3.63, 3.8) is 0 Å². The van der Waals surface area contributed by atoms with E-state index in [1.54, 1.807) is 27.7 Å². The molecule has 43 heavy (non-hydrogen) atoms. The summed E-state index contributed by atoms with van der Waals surface area (Å²) in [6, 6.07) is 11.6. The fourth-order valence-electron chi connectivity index (χ4n) is 4.58. The van der Waals surface area contributed by atoms with E-state index < -0.39 is 76.9 Å². The first-order chi connectivity index (χ1) is 20.2. The molecule has 12 heteroatoms. The first-order valence-electron chi connectivity index (χ1n) is 13.5. The molecule has 1 aliphatic heterocycles. The number of ketones is 1. The Morgan fingerprint density at radius 2 is 1.67 bits per heavy atom. The van der Waals surface area contributed by atoms with Crippen LogP contribution in [0.2, 0.25) is 0 Å². The zero-order chi connectivity index (χ0) is 31.5. The molecular formula is C31H30F4N2O6. The van der Waals surface area contributed by atoms with Crippen molar-refractivity contribution < 1.29 is 46.3 Å². The highest BCUT2D eigenvalue weighted by molar-refractivity contribution is 6.13. The molecule has 0 spiro atoms. The van der Waals surface area contributed by atoms with Gasteiger partial charge in [-0.25, -0.2) is 8.78 Å². The van der Waals surface area contributed by atoms with Crippen molar-refractivity contribution in [1.82, 2.24) is 5.32 Å². The SMILES string of the molecule is CCC1(C(=O)N[C@@H](CC(=O)OC(C)(C)C)C(=O)COc2c(F)c(F)cc(F)c2F)CC(c2cccc3ccccc23)=NO1. The third-order valence-electron chi connectivity index (χ3n) is 6.78. The van der Waals surface area contributed by atoms with Crippen LogP contribution in [0.4, 0.5) is 17.6 Å². The molecule has 0 fully saturated rings. The van der Waals surface area contributed by atoms with Crippen LogP contribution in [-0.2, 0) is 24.0 Å². The van der Waals surface area contributed by atoms with Crippen LogP contribution in [0.25, 0.3) is 10.8 Å². The Morgan fingerprint density at radius 1 is 1.02 bits per heavy atom. The fourth-order valence-corrected chi connectivity index (χ4v) is 4.58. The first-order valence-corrected chi connectivity index (χ1v) is 13.5. The number of carbonyl (C=O) groups is 3. The summed E-state index contributed by atoms with van der Waals surface area (Å²) in [6.45, 7) is 5.33. The highest BCUT2D eigenvalue weighted by Gasteiger charge is 2.47. The van der Waals surface area contributed by atoms with Crippen LogP contribution in [0.1, 0.15) is 52.5 Å². The normalized spacial score (nSPS) is 17.2. The van der Waals surface area contributed by atoms with E-state index in [1.165, 1.54) is 0 Å². The van der Waals surface area contributed by atoms with Crippen molar-refractivity contribution in [2.24, 2.45) is 5.16 Å². The summed E-state index contributed by atoms with van der Waals surface area (Å²) in [6.07, 6.45) is -0.518. The Kier molecular flexibility index (Phi) is 9.07. The number of oxime groups is 1. The molecule has 0 radical (unpaired) electrons. The monoisotopic (exact) mass is 602 g/mol. The van der Waals surface area contributed by atoms with Crippen LogP contribution in [0, 0.1) is 23.3 Å². The molecule has 1 N–H and O–H groups in total. The van der Waals surface area contributed by atoms with Crippen molar-refractivity contribution in [2.75, 3.05) is 6.61 Å². The molecule has 0 saturated carbocycles. The van der Waals surface area contributed by atoms with Gasteiger partial charge in [-0.1, -0.05) is 54.5 Å². The number of hydrogen-bond donors (Lipinski definition) is 1. The maximum Gasteiger partial charge on any atom is 0.308 e. The molecular weight excluding hydrogens is 572 g/mol. The van der Waals surface area contributed by atoms with E-state index in [0.717, 1.165) is 16.3 Å². The highest BCUT2D eigenvalue weighted by Crippen LogP contribution is 2.33. The van der Waals surface area contributed by atoms with Gasteiger partial charge in [0.15, 0.2) is 23.2 Å². The number of halogens is 4. The molecule has 0 saturated heterocycles. The molecule has 1 unspecified atom stereocenters. The summed E-state index contributed by atoms with van der Waals surface area (Å²) >= 11 is 0. The van der Waals surface area contributed by atoms with Gasteiger partial charge in [0.2, 0.25) is 17.2 Å². The van der Waals surface area contributed by atoms with Gasteiger partial charge in [0.05, 0.1) is 12.1 Å². The van der Waals surface area contributed by atoms with Gasteiger partial charge in [-0.2, -0.15) is 8.78 Å². The van der Waals surface area contributed by atoms with E-state index in [0.29, 0.717) is 5.71 Å². The van der Waals surface area contributed by atoms with E-state index in [4.69, 9.17) is 14.3 Å². The number of Topliss-reactive ketones (excluding diaryl/α,β-unsaturated/α-hetero) is 1. The first kappa shape index (κ1) is 31.5.